The van der Waals surface area contributed by atoms with Crippen molar-refractivity contribution in [1.29, 1.82) is 0 Å². The summed E-state index contributed by atoms with van der Waals surface area (Å²) in [6.07, 6.45) is 6.61. The highest BCUT2D eigenvalue weighted by atomic mass is 16.3. The maximum absolute atomic E-state index is 13.4. The highest BCUT2D eigenvalue weighted by Crippen LogP contribution is 2.45. The van der Waals surface area contributed by atoms with E-state index in [1.807, 2.05) is 72.1 Å². The lowest BCUT2D eigenvalue weighted by molar-refractivity contribution is -0.0335. The van der Waals surface area contributed by atoms with Gasteiger partial charge in [-0.15, -0.1) is 0 Å². The monoisotopic (exact) mass is 437 g/mol. The van der Waals surface area contributed by atoms with E-state index >= 15 is 0 Å². The summed E-state index contributed by atoms with van der Waals surface area (Å²) in [5.74, 6) is 1.38. The van der Waals surface area contributed by atoms with Gasteiger partial charge in [-0.2, -0.15) is 0 Å². The molecule has 0 saturated heterocycles. The highest BCUT2D eigenvalue weighted by Gasteiger charge is 2.41. The first-order valence-electron chi connectivity index (χ1n) is 11.0. The largest absolute Gasteiger partial charge is 0.390 e. The molecule has 5 aromatic rings. The highest BCUT2D eigenvalue weighted by molar-refractivity contribution is 5.91. The number of nitrogen functional groups attached to an aromatic ring is 1. The molecule has 1 saturated carbocycles. The first-order valence-corrected chi connectivity index (χ1v) is 11.0. The van der Waals surface area contributed by atoms with E-state index in [-0.39, 0.29) is 11.5 Å². The quantitative estimate of drug-likeness (QED) is 0.446. The van der Waals surface area contributed by atoms with Crippen molar-refractivity contribution in [3.05, 3.63) is 89.4 Å². The zero-order valence-electron chi connectivity index (χ0n) is 18.1. The van der Waals surface area contributed by atoms with E-state index in [0.717, 1.165) is 28.0 Å². The molecule has 0 spiro atoms. The van der Waals surface area contributed by atoms with Crippen molar-refractivity contribution in [1.82, 2.24) is 18.9 Å². The number of pyridine rings is 1. The molecule has 164 valence electrons. The lowest BCUT2D eigenvalue weighted by atomic mass is 9.72. The summed E-state index contributed by atoms with van der Waals surface area (Å²) in [7, 11) is 0. The number of fused-ring (bicyclic) bond motifs is 2. The number of hydrogen-bond donors (Lipinski definition) is 2. The van der Waals surface area contributed by atoms with Crippen molar-refractivity contribution in [3.8, 4) is 16.9 Å². The number of nitrogens with two attached hydrogens (primary N) is 1. The summed E-state index contributed by atoms with van der Waals surface area (Å²) in [5.41, 5.74) is 8.55. The van der Waals surface area contributed by atoms with E-state index in [1.165, 1.54) is 0 Å². The Balaban J connectivity index is 1.54. The van der Waals surface area contributed by atoms with Gasteiger partial charge >= 0.3 is 0 Å². The smallest absolute Gasteiger partial charge is 0.262 e. The molecule has 0 aliphatic heterocycles. The van der Waals surface area contributed by atoms with Gasteiger partial charge in [-0.25, -0.2) is 9.97 Å². The minimum atomic E-state index is -0.666. The van der Waals surface area contributed by atoms with Crippen LogP contribution in [0.5, 0.6) is 0 Å². The Hall–Kier alpha value is -3.97. The zero-order chi connectivity index (χ0) is 22.7. The topological polar surface area (TPSA) is 98.4 Å². The first-order chi connectivity index (χ1) is 15.9. The molecule has 3 N–H and O–H groups in total. The van der Waals surface area contributed by atoms with Gasteiger partial charge in [-0.05, 0) is 49.4 Å². The molecule has 7 nitrogen and oxygen atoms in total. The van der Waals surface area contributed by atoms with Crippen molar-refractivity contribution < 1.29 is 5.11 Å². The van der Waals surface area contributed by atoms with Crippen LogP contribution in [0.1, 0.15) is 31.5 Å². The third-order valence-electron chi connectivity index (χ3n) is 6.56. The van der Waals surface area contributed by atoms with E-state index in [1.54, 1.807) is 17.0 Å². The Labute approximate surface area is 189 Å². The van der Waals surface area contributed by atoms with Crippen LogP contribution in [0.15, 0.2) is 78.0 Å². The Bertz CT molecular complexity index is 1580. The number of hydrogen-bond acceptors (Lipinski definition) is 5. The summed E-state index contributed by atoms with van der Waals surface area (Å²) in [6, 6.07) is 17.3. The Morgan fingerprint density at radius 1 is 1.09 bits per heavy atom. The first kappa shape index (κ1) is 19.7. The van der Waals surface area contributed by atoms with E-state index in [0.29, 0.717) is 29.7 Å². The number of imidazole rings is 1. The molecule has 1 aliphatic carbocycles. The molecule has 0 unspecified atom stereocenters. The number of aliphatic hydroxyl groups is 1. The molecule has 33 heavy (non-hydrogen) atoms. The summed E-state index contributed by atoms with van der Waals surface area (Å²) in [6.45, 7) is 1.84. The third kappa shape index (κ3) is 3.12. The van der Waals surface area contributed by atoms with Crippen LogP contribution in [0.3, 0.4) is 0 Å². The van der Waals surface area contributed by atoms with E-state index < -0.39 is 5.60 Å². The summed E-state index contributed by atoms with van der Waals surface area (Å²) in [5, 5.41) is 11.7. The number of para-hydroxylation sites is 1. The van der Waals surface area contributed by atoms with E-state index in [9.17, 15) is 9.90 Å². The maximum Gasteiger partial charge on any atom is 0.262 e. The third-order valence-corrected chi connectivity index (χ3v) is 6.56. The SMILES string of the molecule is CC1(O)CC(c2nc(-c3ccc4ccn(-c5ccccc5)c(=O)c4c3)c3c(N)nccn23)C1. The second-order valence-electron chi connectivity index (χ2n) is 9.08. The maximum atomic E-state index is 13.4. The van der Waals surface area contributed by atoms with Gasteiger partial charge < -0.3 is 10.8 Å². The van der Waals surface area contributed by atoms with Gasteiger partial charge in [0.05, 0.1) is 5.60 Å². The number of benzene rings is 2. The number of rotatable bonds is 3. The minimum Gasteiger partial charge on any atom is -0.390 e. The summed E-state index contributed by atoms with van der Waals surface area (Å²) in [4.78, 5) is 22.6. The van der Waals surface area contributed by atoms with Crippen LogP contribution < -0.4 is 11.3 Å². The van der Waals surface area contributed by atoms with Gasteiger partial charge in [0.25, 0.3) is 5.56 Å². The summed E-state index contributed by atoms with van der Waals surface area (Å²) >= 11 is 0. The molecule has 2 aromatic carbocycles. The Morgan fingerprint density at radius 3 is 2.64 bits per heavy atom. The molecule has 6 rings (SSSR count). The summed E-state index contributed by atoms with van der Waals surface area (Å²) < 4.78 is 3.62. The predicted molar refractivity (Wildman–Crippen MR) is 129 cm³/mol. The standard InChI is InChI=1S/C26H23N5O2/c1-26(33)14-18(15-26)24-29-21(22-23(27)28-10-12-31(22)24)17-8-7-16-9-11-30(25(32)20(16)13-17)19-5-3-2-4-6-19/h2-13,18,33H,14-15H2,1H3,(H2,27,28). The lowest BCUT2D eigenvalue weighted by Gasteiger charge is -2.40. The van der Waals surface area contributed by atoms with Gasteiger partial charge in [-0.3, -0.25) is 13.8 Å². The second kappa shape index (κ2) is 7.02. The molecule has 3 aromatic heterocycles. The van der Waals surface area contributed by atoms with Gasteiger partial charge in [0.1, 0.15) is 22.9 Å². The van der Waals surface area contributed by atoms with Crippen LogP contribution in [0.2, 0.25) is 0 Å². The van der Waals surface area contributed by atoms with Crippen LogP contribution in [-0.2, 0) is 0 Å². The fourth-order valence-corrected chi connectivity index (χ4v) is 4.94. The molecule has 1 aliphatic rings. The van der Waals surface area contributed by atoms with Crippen LogP contribution in [0, 0.1) is 0 Å². The molecule has 7 heteroatoms. The van der Waals surface area contributed by atoms with E-state index in [4.69, 9.17) is 10.7 Å². The Kier molecular flexibility index (Phi) is 4.19. The number of anilines is 1. The minimum absolute atomic E-state index is 0.0922. The second-order valence-corrected chi connectivity index (χ2v) is 9.08. The van der Waals surface area contributed by atoms with Crippen molar-refractivity contribution in [3.63, 3.8) is 0 Å². The molecule has 0 atom stereocenters. The van der Waals surface area contributed by atoms with Crippen molar-refractivity contribution >= 4 is 22.1 Å². The van der Waals surface area contributed by atoms with Crippen molar-refractivity contribution in [2.45, 2.75) is 31.3 Å². The van der Waals surface area contributed by atoms with Crippen LogP contribution in [-0.4, -0.2) is 29.6 Å². The van der Waals surface area contributed by atoms with Crippen LogP contribution in [0.25, 0.3) is 33.2 Å². The fraction of sp³-hybridized carbons (Fsp3) is 0.192. The van der Waals surface area contributed by atoms with Gasteiger partial charge in [0, 0.05) is 41.1 Å². The zero-order valence-corrected chi connectivity index (χ0v) is 18.1. The van der Waals surface area contributed by atoms with Gasteiger partial charge in [0.2, 0.25) is 0 Å². The molecule has 0 bridgehead atoms. The normalized spacial score (nSPS) is 20.2. The van der Waals surface area contributed by atoms with Crippen molar-refractivity contribution in [2.24, 2.45) is 0 Å². The predicted octanol–water partition coefficient (Wildman–Crippen LogP) is 3.91. The fourth-order valence-electron chi connectivity index (χ4n) is 4.94. The van der Waals surface area contributed by atoms with Crippen LogP contribution in [0.4, 0.5) is 5.82 Å². The average Bonchev–Trinajstić information content (AvgIpc) is 3.19. The molecule has 0 amide bonds. The molecular weight excluding hydrogens is 414 g/mol. The molecule has 3 heterocycles. The Morgan fingerprint density at radius 2 is 1.88 bits per heavy atom. The molecule has 1 fully saturated rings. The van der Waals surface area contributed by atoms with Gasteiger partial charge in [0.15, 0.2) is 0 Å². The van der Waals surface area contributed by atoms with Gasteiger partial charge in [-0.1, -0.05) is 30.3 Å². The number of nitrogens with zero attached hydrogens (tertiary/aromatic N) is 4. The lowest BCUT2D eigenvalue weighted by Crippen LogP contribution is -2.40. The number of aromatic nitrogens is 4. The van der Waals surface area contributed by atoms with Crippen molar-refractivity contribution in [2.75, 3.05) is 5.73 Å². The molecular formula is C26H23N5O2. The van der Waals surface area contributed by atoms with E-state index in [2.05, 4.69) is 4.98 Å². The molecule has 0 radical (unpaired) electrons. The van der Waals surface area contributed by atoms with Crippen LogP contribution >= 0.6 is 0 Å². The average molecular weight is 438 g/mol.